The van der Waals surface area contributed by atoms with Crippen molar-refractivity contribution in [2.75, 3.05) is 73.7 Å². The molecule has 0 aliphatic carbocycles. The summed E-state index contributed by atoms with van der Waals surface area (Å²) in [6.45, 7) is 2.76. The van der Waals surface area contributed by atoms with E-state index in [-0.39, 0.29) is 19.8 Å². The lowest BCUT2D eigenvalue weighted by molar-refractivity contribution is -0.141. The van der Waals surface area contributed by atoms with Crippen LogP contribution in [0.15, 0.2) is 0 Å². The zero-order valence-corrected chi connectivity index (χ0v) is 14.9. The normalized spacial score (nSPS) is 11.9. The van der Waals surface area contributed by atoms with Crippen LogP contribution in [0.3, 0.4) is 0 Å². The smallest absolute Gasteiger partial charge is 0.407 e. The van der Waals surface area contributed by atoms with Crippen molar-refractivity contribution in [2.24, 2.45) is 0 Å². The van der Waals surface area contributed by atoms with Crippen LogP contribution < -0.4 is 5.32 Å². The first-order valence-corrected chi connectivity index (χ1v) is 7.99. The van der Waals surface area contributed by atoms with Crippen molar-refractivity contribution in [1.82, 2.24) is 5.32 Å². The molecule has 0 spiro atoms. The molecule has 148 valence electrons. The summed E-state index contributed by atoms with van der Waals surface area (Å²) in [5.74, 6) is -1.21. The van der Waals surface area contributed by atoms with Crippen molar-refractivity contribution < 1.29 is 43.1 Å². The summed E-state index contributed by atoms with van der Waals surface area (Å²) in [4.78, 5) is 22.6. The van der Waals surface area contributed by atoms with Gasteiger partial charge in [-0.2, -0.15) is 0 Å². The van der Waals surface area contributed by atoms with Gasteiger partial charge in [-0.3, -0.25) is 0 Å². The van der Waals surface area contributed by atoms with Crippen LogP contribution >= 0.6 is 0 Å². The van der Waals surface area contributed by atoms with E-state index in [1.807, 2.05) is 0 Å². The summed E-state index contributed by atoms with van der Waals surface area (Å²) in [6.07, 6.45) is -0.311. The molecule has 0 saturated carbocycles. The average Bonchev–Trinajstić information content (AvgIpc) is 2.59. The minimum absolute atomic E-state index is 0.124. The van der Waals surface area contributed by atoms with Gasteiger partial charge in [0.2, 0.25) is 0 Å². The SMILES string of the molecule is COCCOCCCOC(=O)N[C@@H](COCCOCCOC)C(=O)O. The van der Waals surface area contributed by atoms with E-state index in [0.717, 1.165) is 0 Å². The third-order valence-corrected chi connectivity index (χ3v) is 2.78. The minimum atomic E-state index is -1.21. The monoisotopic (exact) mass is 367 g/mol. The standard InChI is InChI=1S/C15H29NO9/c1-20-6-8-22-4-3-5-25-15(19)16-13(14(17)18)12-24-11-10-23-9-7-21-2/h13H,3-12H2,1-2H3,(H,16,19)(H,17,18)/t13-/m0/s1. The maximum absolute atomic E-state index is 11.5. The topological polar surface area (TPSA) is 122 Å². The molecular formula is C15H29NO9. The number of rotatable bonds is 17. The summed E-state index contributed by atoms with van der Waals surface area (Å²) in [7, 11) is 3.14. The summed E-state index contributed by atoms with van der Waals surface area (Å²) in [6, 6.07) is -1.19. The second-order valence-corrected chi connectivity index (χ2v) is 4.81. The van der Waals surface area contributed by atoms with Gasteiger partial charge in [0.1, 0.15) is 0 Å². The van der Waals surface area contributed by atoms with Gasteiger partial charge < -0.3 is 38.8 Å². The number of hydrogen-bond donors (Lipinski definition) is 2. The van der Waals surface area contributed by atoms with Crippen molar-refractivity contribution in [1.29, 1.82) is 0 Å². The van der Waals surface area contributed by atoms with E-state index in [4.69, 9.17) is 33.5 Å². The Morgan fingerprint density at radius 2 is 1.40 bits per heavy atom. The largest absolute Gasteiger partial charge is 0.480 e. The number of carbonyl (C=O) groups is 2. The molecule has 0 unspecified atom stereocenters. The van der Waals surface area contributed by atoms with Gasteiger partial charge in [0.15, 0.2) is 6.04 Å². The van der Waals surface area contributed by atoms with Crippen LogP contribution in [0.4, 0.5) is 4.79 Å². The van der Waals surface area contributed by atoms with Gasteiger partial charge in [-0.05, 0) is 0 Å². The van der Waals surface area contributed by atoms with Gasteiger partial charge in [0, 0.05) is 27.2 Å². The van der Waals surface area contributed by atoms with Gasteiger partial charge in [0.25, 0.3) is 0 Å². The fraction of sp³-hybridized carbons (Fsp3) is 0.867. The van der Waals surface area contributed by atoms with E-state index >= 15 is 0 Å². The molecule has 2 N–H and O–H groups in total. The van der Waals surface area contributed by atoms with Crippen LogP contribution in [0.1, 0.15) is 6.42 Å². The van der Waals surface area contributed by atoms with Gasteiger partial charge in [-0.15, -0.1) is 0 Å². The average molecular weight is 367 g/mol. The van der Waals surface area contributed by atoms with Gasteiger partial charge in [-0.1, -0.05) is 0 Å². The maximum atomic E-state index is 11.5. The lowest BCUT2D eigenvalue weighted by Crippen LogP contribution is -2.44. The van der Waals surface area contributed by atoms with E-state index < -0.39 is 18.1 Å². The zero-order valence-electron chi connectivity index (χ0n) is 14.9. The van der Waals surface area contributed by atoms with Crippen molar-refractivity contribution in [2.45, 2.75) is 12.5 Å². The van der Waals surface area contributed by atoms with Crippen LogP contribution in [0.5, 0.6) is 0 Å². The molecule has 0 radical (unpaired) electrons. The highest BCUT2D eigenvalue weighted by Crippen LogP contribution is 1.92. The number of amides is 1. The Bertz CT molecular complexity index is 341. The molecule has 1 atom stereocenters. The fourth-order valence-electron chi connectivity index (χ4n) is 1.49. The zero-order chi connectivity index (χ0) is 18.8. The molecular weight excluding hydrogens is 338 g/mol. The van der Waals surface area contributed by atoms with Crippen molar-refractivity contribution in [3.05, 3.63) is 0 Å². The first-order chi connectivity index (χ1) is 12.1. The number of methoxy groups -OCH3 is 2. The van der Waals surface area contributed by atoms with E-state index in [9.17, 15) is 9.59 Å². The van der Waals surface area contributed by atoms with Crippen LogP contribution in [-0.2, 0) is 33.2 Å². The molecule has 0 aromatic carbocycles. The molecule has 0 fully saturated rings. The first kappa shape index (κ1) is 23.5. The predicted octanol–water partition coefficient (Wildman–Crippen LogP) is -0.101. The Kier molecular flexibility index (Phi) is 16.4. The highest BCUT2D eigenvalue weighted by Gasteiger charge is 2.20. The molecule has 0 aliphatic rings. The van der Waals surface area contributed by atoms with Gasteiger partial charge in [0.05, 0.1) is 52.9 Å². The Morgan fingerprint density at radius 1 is 0.840 bits per heavy atom. The summed E-state index contributed by atoms with van der Waals surface area (Å²) in [5, 5.41) is 11.3. The summed E-state index contributed by atoms with van der Waals surface area (Å²) in [5.41, 5.74) is 0. The van der Waals surface area contributed by atoms with Crippen molar-refractivity contribution in [3.63, 3.8) is 0 Å². The molecule has 0 aromatic rings. The van der Waals surface area contributed by atoms with Crippen molar-refractivity contribution in [3.8, 4) is 0 Å². The van der Waals surface area contributed by atoms with Crippen LogP contribution in [0, 0.1) is 0 Å². The lowest BCUT2D eigenvalue weighted by Gasteiger charge is -2.15. The molecule has 10 heteroatoms. The van der Waals surface area contributed by atoms with Crippen LogP contribution in [0.25, 0.3) is 0 Å². The second-order valence-electron chi connectivity index (χ2n) is 4.81. The quantitative estimate of drug-likeness (QED) is 0.339. The Morgan fingerprint density at radius 3 is 2.00 bits per heavy atom. The number of carboxylic acids is 1. The number of aliphatic carboxylic acids is 1. The number of carbonyl (C=O) groups excluding carboxylic acids is 1. The third-order valence-electron chi connectivity index (χ3n) is 2.78. The predicted molar refractivity (Wildman–Crippen MR) is 86.7 cm³/mol. The third kappa shape index (κ3) is 15.8. The molecule has 0 heterocycles. The molecule has 0 aliphatic heterocycles. The van der Waals surface area contributed by atoms with Crippen molar-refractivity contribution >= 4 is 12.1 Å². The Labute approximate surface area is 147 Å². The lowest BCUT2D eigenvalue weighted by atomic mass is 10.3. The number of carboxylic acid groups (broad SMARTS) is 1. The summed E-state index contributed by atoms with van der Waals surface area (Å²) >= 11 is 0. The Hall–Kier alpha value is -1.46. The van der Waals surface area contributed by atoms with Crippen LogP contribution in [-0.4, -0.2) is 96.9 Å². The van der Waals surface area contributed by atoms with E-state index in [1.54, 1.807) is 14.2 Å². The maximum Gasteiger partial charge on any atom is 0.407 e. The fourth-order valence-corrected chi connectivity index (χ4v) is 1.49. The number of hydrogen-bond acceptors (Lipinski definition) is 8. The van der Waals surface area contributed by atoms with Gasteiger partial charge >= 0.3 is 12.1 Å². The van der Waals surface area contributed by atoms with Crippen LogP contribution in [0.2, 0.25) is 0 Å². The highest BCUT2D eigenvalue weighted by atomic mass is 16.6. The molecule has 0 saturated heterocycles. The molecule has 0 rings (SSSR count). The van der Waals surface area contributed by atoms with E-state index in [2.05, 4.69) is 5.32 Å². The highest BCUT2D eigenvalue weighted by molar-refractivity contribution is 5.79. The number of nitrogens with one attached hydrogen (secondary N) is 1. The number of ether oxygens (including phenoxy) is 6. The van der Waals surface area contributed by atoms with E-state index in [1.165, 1.54) is 0 Å². The molecule has 0 aromatic heterocycles. The molecule has 25 heavy (non-hydrogen) atoms. The van der Waals surface area contributed by atoms with E-state index in [0.29, 0.717) is 46.1 Å². The second kappa shape index (κ2) is 17.4. The number of alkyl carbamates (subject to hydrolysis) is 1. The molecule has 1 amide bonds. The molecule has 0 bridgehead atoms. The first-order valence-electron chi connectivity index (χ1n) is 7.99. The minimum Gasteiger partial charge on any atom is -0.480 e. The summed E-state index contributed by atoms with van der Waals surface area (Å²) < 4.78 is 30.1. The molecule has 10 nitrogen and oxygen atoms in total. The van der Waals surface area contributed by atoms with Gasteiger partial charge in [-0.25, -0.2) is 9.59 Å². The Balaban J connectivity index is 3.72.